The Balaban J connectivity index is 1.95. The van der Waals surface area contributed by atoms with Crippen molar-refractivity contribution in [1.82, 2.24) is 19.1 Å². The number of hydrogen-bond donors (Lipinski definition) is 0. The zero-order chi connectivity index (χ0) is 9.54. The first-order valence-electron chi connectivity index (χ1n) is 4.37. The molecule has 2 heterocycles. The van der Waals surface area contributed by atoms with E-state index in [1.165, 1.54) is 24.4 Å². The van der Waals surface area contributed by atoms with Crippen LogP contribution >= 0.6 is 27.5 Å². The highest BCUT2D eigenvalue weighted by Crippen LogP contribution is 2.38. The van der Waals surface area contributed by atoms with Crippen molar-refractivity contribution in [3.63, 3.8) is 0 Å². The molecule has 0 aliphatic heterocycles. The molecular weight excluding hydrogens is 264 g/mol. The molecule has 2 aromatic rings. The Labute approximate surface area is 93.3 Å². The Bertz CT molecular complexity index is 459. The number of halogens is 1. The van der Waals surface area contributed by atoms with Gasteiger partial charge in [0.25, 0.3) is 0 Å². The second-order valence-electron chi connectivity index (χ2n) is 3.31. The van der Waals surface area contributed by atoms with Crippen molar-refractivity contribution >= 4 is 27.5 Å². The van der Waals surface area contributed by atoms with E-state index in [0.29, 0.717) is 5.92 Å². The Morgan fingerprint density at radius 2 is 2.36 bits per heavy atom. The van der Waals surface area contributed by atoms with E-state index in [1.807, 2.05) is 6.20 Å². The summed E-state index contributed by atoms with van der Waals surface area (Å²) < 4.78 is 7.02. The van der Waals surface area contributed by atoms with Gasteiger partial charge in [0, 0.05) is 23.6 Å². The molecule has 1 aliphatic carbocycles. The summed E-state index contributed by atoms with van der Waals surface area (Å²) in [5.41, 5.74) is 0. The maximum absolute atomic E-state index is 4.44. The third-order valence-corrected chi connectivity index (χ3v) is 3.25. The fourth-order valence-corrected chi connectivity index (χ4v) is 2.20. The summed E-state index contributed by atoms with van der Waals surface area (Å²) in [4.78, 5) is 4.44. The molecule has 0 spiro atoms. The SMILES string of the molecule is Brc1cnn(-c2nc(C3CC3)ns2)c1. The molecule has 0 unspecified atom stereocenters. The predicted octanol–water partition coefficient (Wildman–Crippen LogP) is 2.36. The Kier molecular flexibility index (Phi) is 1.91. The highest BCUT2D eigenvalue weighted by Gasteiger charge is 2.28. The van der Waals surface area contributed by atoms with Crippen LogP contribution in [0.3, 0.4) is 0 Å². The van der Waals surface area contributed by atoms with E-state index >= 15 is 0 Å². The lowest BCUT2D eigenvalue weighted by Gasteiger charge is -1.90. The topological polar surface area (TPSA) is 43.6 Å². The highest BCUT2D eigenvalue weighted by molar-refractivity contribution is 9.10. The minimum absolute atomic E-state index is 0.610. The largest absolute Gasteiger partial charge is 0.230 e. The molecule has 0 bridgehead atoms. The Morgan fingerprint density at radius 1 is 1.50 bits per heavy atom. The van der Waals surface area contributed by atoms with Crippen LogP contribution in [-0.2, 0) is 0 Å². The molecule has 0 N–H and O–H groups in total. The van der Waals surface area contributed by atoms with Gasteiger partial charge < -0.3 is 0 Å². The molecule has 0 atom stereocenters. The van der Waals surface area contributed by atoms with Crippen molar-refractivity contribution in [2.24, 2.45) is 0 Å². The Morgan fingerprint density at radius 3 is 3.00 bits per heavy atom. The molecule has 14 heavy (non-hydrogen) atoms. The maximum atomic E-state index is 4.44. The van der Waals surface area contributed by atoms with Gasteiger partial charge in [-0.05, 0) is 28.8 Å². The van der Waals surface area contributed by atoms with Gasteiger partial charge in [-0.15, -0.1) is 0 Å². The summed E-state index contributed by atoms with van der Waals surface area (Å²) in [6.45, 7) is 0. The van der Waals surface area contributed by atoms with E-state index < -0.39 is 0 Å². The predicted molar refractivity (Wildman–Crippen MR) is 56.7 cm³/mol. The molecule has 6 heteroatoms. The summed E-state index contributed by atoms with van der Waals surface area (Å²) in [7, 11) is 0. The number of nitrogens with zero attached hydrogens (tertiary/aromatic N) is 4. The molecule has 0 radical (unpaired) electrons. The van der Waals surface area contributed by atoms with Gasteiger partial charge in [-0.1, -0.05) is 0 Å². The second-order valence-corrected chi connectivity index (χ2v) is 4.96. The molecule has 0 amide bonds. The van der Waals surface area contributed by atoms with Gasteiger partial charge in [0.2, 0.25) is 5.13 Å². The van der Waals surface area contributed by atoms with Crippen LogP contribution in [0.25, 0.3) is 5.13 Å². The van der Waals surface area contributed by atoms with Crippen LogP contribution in [0.5, 0.6) is 0 Å². The summed E-state index contributed by atoms with van der Waals surface area (Å²) >= 11 is 4.75. The summed E-state index contributed by atoms with van der Waals surface area (Å²) in [5, 5.41) is 5.00. The summed E-state index contributed by atoms with van der Waals surface area (Å²) in [6.07, 6.45) is 6.10. The van der Waals surface area contributed by atoms with Crippen LogP contribution in [0.15, 0.2) is 16.9 Å². The zero-order valence-corrected chi connectivity index (χ0v) is 9.62. The molecule has 0 saturated heterocycles. The standard InChI is InChI=1S/C8H7BrN4S/c9-6-3-10-13(4-6)8-11-7(12-14-8)5-1-2-5/h3-5H,1-2H2. The summed E-state index contributed by atoms with van der Waals surface area (Å²) in [5.74, 6) is 1.59. The van der Waals surface area contributed by atoms with Crippen molar-refractivity contribution in [1.29, 1.82) is 0 Å². The quantitative estimate of drug-likeness (QED) is 0.842. The lowest BCUT2D eigenvalue weighted by atomic mass is 10.4. The minimum atomic E-state index is 0.610. The fraction of sp³-hybridized carbons (Fsp3) is 0.375. The second kappa shape index (κ2) is 3.13. The molecular formula is C8H7BrN4S. The molecule has 1 aliphatic rings. The van der Waals surface area contributed by atoms with Crippen LogP contribution in [-0.4, -0.2) is 19.1 Å². The first kappa shape index (κ1) is 8.55. The van der Waals surface area contributed by atoms with Crippen molar-refractivity contribution in [2.45, 2.75) is 18.8 Å². The summed E-state index contributed by atoms with van der Waals surface area (Å²) in [6, 6.07) is 0. The number of hydrogen-bond acceptors (Lipinski definition) is 4. The van der Waals surface area contributed by atoms with Crippen LogP contribution < -0.4 is 0 Å². The first-order chi connectivity index (χ1) is 6.83. The molecule has 3 rings (SSSR count). The van der Waals surface area contributed by atoms with E-state index in [1.54, 1.807) is 10.9 Å². The lowest BCUT2D eigenvalue weighted by molar-refractivity contribution is 0.852. The zero-order valence-electron chi connectivity index (χ0n) is 7.22. The first-order valence-corrected chi connectivity index (χ1v) is 5.94. The van der Waals surface area contributed by atoms with Gasteiger partial charge in [0.1, 0.15) is 5.82 Å². The van der Waals surface area contributed by atoms with Gasteiger partial charge in [0.05, 0.1) is 10.7 Å². The van der Waals surface area contributed by atoms with Crippen LogP contribution in [0.4, 0.5) is 0 Å². The van der Waals surface area contributed by atoms with E-state index in [-0.39, 0.29) is 0 Å². The van der Waals surface area contributed by atoms with Gasteiger partial charge in [-0.2, -0.15) is 9.47 Å². The average Bonchev–Trinajstić information content (AvgIpc) is 2.76. The maximum Gasteiger partial charge on any atom is 0.230 e. The smallest absolute Gasteiger partial charge is 0.211 e. The van der Waals surface area contributed by atoms with Gasteiger partial charge in [0.15, 0.2) is 0 Å². The fourth-order valence-electron chi connectivity index (χ4n) is 1.23. The van der Waals surface area contributed by atoms with Crippen LogP contribution in [0, 0.1) is 0 Å². The van der Waals surface area contributed by atoms with E-state index in [9.17, 15) is 0 Å². The van der Waals surface area contributed by atoms with Gasteiger partial charge in [-0.25, -0.2) is 9.67 Å². The van der Waals surface area contributed by atoms with E-state index in [4.69, 9.17) is 0 Å². The minimum Gasteiger partial charge on any atom is -0.211 e. The molecule has 4 nitrogen and oxygen atoms in total. The Hall–Kier alpha value is -0.750. The molecule has 1 fully saturated rings. The third kappa shape index (κ3) is 1.48. The van der Waals surface area contributed by atoms with Gasteiger partial charge >= 0.3 is 0 Å². The van der Waals surface area contributed by atoms with Crippen molar-refractivity contribution in [3.05, 3.63) is 22.7 Å². The van der Waals surface area contributed by atoms with Crippen molar-refractivity contribution < 1.29 is 0 Å². The molecule has 1 saturated carbocycles. The highest BCUT2D eigenvalue weighted by atomic mass is 79.9. The van der Waals surface area contributed by atoms with E-state index in [2.05, 4.69) is 30.4 Å². The van der Waals surface area contributed by atoms with Crippen molar-refractivity contribution in [3.8, 4) is 5.13 Å². The van der Waals surface area contributed by atoms with Crippen molar-refractivity contribution in [2.75, 3.05) is 0 Å². The normalized spacial score (nSPS) is 16.1. The monoisotopic (exact) mass is 270 g/mol. The molecule has 72 valence electrons. The molecule has 2 aromatic heterocycles. The molecule has 0 aromatic carbocycles. The number of rotatable bonds is 2. The average molecular weight is 271 g/mol. The number of aromatic nitrogens is 4. The van der Waals surface area contributed by atoms with Crippen LogP contribution in [0.1, 0.15) is 24.6 Å². The van der Waals surface area contributed by atoms with E-state index in [0.717, 1.165) is 15.4 Å². The lowest BCUT2D eigenvalue weighted by Crippen LogP contribution is -1.93. The van der Waals surface area contributed by atoms with Gasteiger partial charge in [-0.3, -0.25) is 0 Å². The van der Waals surface area contributed by atoms with Crippen LogP contribution in [0.2, 0.25) is 0 Å². The third-order valence-electron chi connectivity index (χ3n) is 2.12.